The van der Waals surface area contributed by atoms with Gasteiger partial charge in [0.25, 0.3) is 0 Å². The lowest BCUT2D eigenvalue weighted by Gasteiger charge is -2.02. The van der Waals surface area contributed by atoms with Gasteiger partial charge in [0.1, 0.15) is 11.2 Å². The zero-order valence-electron chi connectivity index (χ0n) is 13.0. The number of hydrogen-bond acceptors (Lipinski definition) is 2. The highest BCUT2D eigenvalue weighted by Gasteiger charge is 2.14. The van der Waals surface area contributed by atoms with Crippen molar-refractivity contribution < 1.29 is 4.42 Å². The number of hydrogen-bond donors (Lipinski definition) is 0. The maximum absolute atomic E-state index is 6.02. The summed E-state index contributed by atoms with van der Waals surface area (Å²) >= 11 is 1.76. The third-order valence-corrected chi connectivity index (χ3v) is 5.79. The lowest BCUT2D eigenvalue weighted by atomic mass is 10.00. The molecule has 0 N–H and O–H groups in total. The molecule has 0 saturated carbocycles. The number of thiophene rings is 1. The van der Waals surface area contributed by atoms with Gasteiger partial charge in [-0.25, -0.2) is 0 Å². The molecule has 5 rings (SSSR count). The van der Waals surface area contributed by atoms with Gasteiger partial charge in [0, 0.05) is 31.3 Å². The minimum absolute atomic E-state index is 0.931. The first-order valence-corrected chi connectivity index (χ1v) is 8.67. The van der Waals surface area contributed by atoms with Crippen molar-refractivity contribution in [3.8, 4) is 0 Å². The minimum Gasteiger partial charge on any atom is -0.456 e. The molecule has 2 heterocycles. The van der Waals surface area contributed by atoms with Crippen molar-refractivity contribution in [3.05, 3.63) is 72.1 Å². The van der Waals surface area contributed by atoms with E-state index in [4.69, 9.17) is 4.42 Å². The topological polar surface area (TPSA) is 13.1 Å². The van der Waals surface area contributed by atoms with Gasteiger partial charge in [0.15, 0.2) is 0 Å². The normalized spacial score (nSPS) is 11.7. The van der Waals surface area contributed by atoms with E-state index in [2.05, 4.69) is 49.6 Å². The van der Waals surface area contributed by atoms with Crippen molar-refractivity contribution in [1.82, 2.24) is 0 Å². The second-order valence-corrected chi connectivity index (χ2v) is 6.98. The number of furan rings is 1. The molecule has 24 heavy (non-hydrogen) atoms. The highest BCUT2D eigenvalue weighted by atomic mass is 32.1. The Balaban J connectivity index is 2.04. The van der Waals surface area contributed by atoms with Gasteiger partial charge in [-0.1, -0.05) is 49.6 Å². The molecule has 2 aromatic heterocycles. The minimum atomic E-state index is 0.931. The van der Waals surface area contributed by atoms with E-state index in [0.29, 0.717) is 0 Å². The van der Waals surface area contributed by atoms with Crippen LogP contribution in [0.2, 0.25) is 0 Å². The summed E-state index contributed by atoms with van der Waals surface area (Å²) in [5.41, 5.74) is 3.03. The summed E-state index contributed by atoms with van der Waals surface area (Å²) in [5, 5.41) is 6.00. The fourth-order valence-corrected chi connectivity index (χ4v) is 4.61. The van der Waals surface area contributed by atoms with E-state index in [1.165, 1.54) is 31.3 Å². The smallest absolute Gasteiger partial charge is 0.136 e. The van der Waals surface area contributed by atoms with Crippen LogP contribution in [0.1, 0.15) is 10.4 Å². The predicted molar refractivity (Wildman–Crippen MR) is 107 cm³/mol. The van der Waals surface area contributed by atoms with Crippen LogP contribution in [-0.4, -0.2) is 0 Å². The van der Waals surface area contributed by atoms with Gasteiger partial charge in [-0.05, 0) is 35.0 Å². The lowest BCUT2D eigenvalue weighted by molar-refractivity contribution is 0.669. The maximum Gasteiger partial charge on any atom is 0.136 e. The van der Waals surface area contributed by atoms with Crippen LogP contribution in [0, 0.1) is 0 Å². The molecule has 3 aromatic carbocycles. The van der Waals surface area contributed by atoms with E-state index in [9.17, 15) is 0 Å². The lowest BCUT2D eigenvalue weighted by Crippen LogP contribution is -1.78. The van der Waals surface area contributed by atoms with Crippen LogP contribution < -0.4 is 0 Å². The highest BCUT2D eigenvalue weighted by molar-refractivity contribution is 7.20. The molecule has 114 valence electrons. The highest BCUT2D eigenvalue weighted by Crippen LogP contribution is 2.40. The monoisotopic (exact) mass is 326 g/mol. The summed E-state index contributed by atoms with van der Waals surface area (Å²) in [6, 6.07) is 16.9. The molecule has 0 amide bonds. The van der Waals surface area contributed by atoms with Crippen molar-refractivity contribution >= 4 is 66.3 Å². The molecule has 2 heteroatoms. The molecule has 0 bridgehead atoms. The van der Waals surface area contributed by atoms with Crippen molar-refractivity contribution in [2.75, 3.05) is 0 Å². The van der Waals surface area contributed by atoms with Crippen LogP contribution in [-0.2, 0) is 0 Å². The predicted octanol–water partition coefficient (Wildman–Crippen LogP) is 7.24. The molecular weight excluding hydrogens is 312 g/mol. The quantitative estimate of drug-likeness (QED) is 0.333. The summed E-state index contributed by atoms with van der Waals surface area (Å²) in [7, 11) is 0. The number of benzene rings is 3. The largest absolute Gasteiger partial charge is 0.456 e. The zero-order valence-corrected chi connectivity index (χ0v) is 13.8. The molecule has 0 atom stereocenters. The second kappa shape index (κ2) is 4.83. The summed E-state index contributed by atoms with van der Waals surface area (Å²) in [6.45, 7) is 7.96. The van der Waals surface area contributed by atoms with Gasteiger partial charge in [-0.15, -0.1) is 11.3 Å². The standard InChI is InChI=1S/C22H14OS/c1-3-14-20(4-2)24-21-10-9-13-11-19-17(12-16(13)22(14)21)15-7-5-6-8-18(15)23-19/h3-12H,1-2H2. The average molecular weight is 326 g/mol. The van der Waals surface area contributed by atoms with Crippen LogP contribution in [0.4, 0.5) is 0 Å². The third-order valence-electron chi connectivity index (χ3n) is 4.62. The molecule has 0 saturated heterocycles. The third kappa shape index (κ3) is 1.69. The molecular formula is C22H14OS. The van der Waals surface area contributed by atoms with Crippen molar-refractivity contribution in [1.29, 1.82) is 0 Å². The molecule has 0 aliphatic carbocycles. The first-order chi connectivity index (χ1) is 11.8. The van der Waals surface area contributed by atoms with E-state index in [1.807, 2.05) is 24.3 Å². The Kier molecular flexibility index (Phi) is 2.73. The Morgan fingerprint density at radius 2 is 1.71 bits per heavy atom. The Hall–Kier alpha value is -2.84. The molecule has 5 aromatic rings. The van der Waals surface area contributed by atoms with Gasteiger partial charge in [-0.2, -0.15) is 0 Å². The Morgan fingerprint density at radius 1 is 0.833 bits per heavy atom. The molecule has 1 nitrogen and oxygen atoms in total. The summed E-state index contributed by atoms with van der Waals surface area (Å²) < 4.78 is 7.29. The van der Waals surface area contributed by atoms with E-state index >= 15 is 0 Å². The van der Waals surface area contributed by atoms with E-state index < -0.39 is 0 Å². The van der Waals surface area contributed by atoms with Gasteiger partial charge in [0.05, 0.1) is 0 Å². The van der Waals surface area contributed by atoms with Crippen molar-refractivity contribution in [3.63, 3.8) is 0 Å². The molecule has 0 spiro atoms. The van der Waals surface area contributed by atoms with Gasteiger partial charge >= 0.3 is 0 Å². The summed E-state index contributed by atoms with van der Waals surface area (Å²) in [6.07, 6.45) is 3.85. The van der Waals surface area contributed by atoms with Crippen LogP contribution in [0.5, 0.6) is 0 Å². The molecule has 0 radical (unpaired) electrons. The van der Waals surface area contributed by atoms with Crippen molar-refractivity contribution in [2.24, 2.45) is 0 Å². The van der Waals surface area contributed by atoms with Gasteiger partial charge in [-0.3, -0.25) is 0 Å². The molecule has 0 aliphatic rings. The van der Waals surface area contributed by atoms with Gasteiger partial charge < -0.3 is 4.42 Å². The molecule has 0 aliphatic heterocycles. The Labute approximate surface area is 143 Å². The SMILES string of the molecule is C=Cc1sc2ccc3cc4oc5ccccc5c4cc3c2c1C=C. The number of para-hydroxylation sites is 1. The number of rotatable bonds is 2. The van der Waals surface area contributed by atoms with E-state index in [1.54, 1.807) is 11.3 Å². The van der Waals surface area contributed by atoms with Crippen LogP contribution in [0.3, 0.4) is 0 Å². The second-order valence-electron chi connectivity index (χ2n) is 5.89. The van der Waals surface area contributed by atoms with Crippen LogP contribution in [0.15, 0.2) is 66.1 Å². The maximum atomic E-state index is 6.02. The van der Waals surface area contributed by atoms with Crippen LogP contribution >= 0.6 is 11.3 Å². The first-order valence-electron chi connectivity index (χ1n) is 7.85. The Bertz CT molecular complexity index is 1280. The fraction of sp³-hybridized carbons (Fsp3) is 0. The van der Waals surface area contributed by atoms with Gasteiger partial charge in [0.2, 0.25) is 0 Å². The van der Waals surface area contributed by atoms with E-state index in [0.717, 1.165) is 21.9 Å². The first kappa shape index (κ1) is 13.6. The fourth-order valence-electron chi connectivity index (χ4n) is 3.54. The number of fused-ring (bicyclic) bond motifs is 6. The zero-order chi connectivity index (χ0) is 16.3. The molecule has 0 fully saturated rings. The molecule has 0 unspecified atom stereocenters. The average Bonchev–Trinajstić information content (AvgIpc) is 3.17. The van der Waals surface area contributed by atoms with Crippen LogP contribution in [0.25, 0.3) is 54.9 Å². The Morgan fingerprint density at radius 3 is 2.54 bits per heavy atom. The summed E-state index contributed by atoms with van der Waals surface area (Å²) in [5.74, 6) is 0. The van der Waals surface area contributed by atoms with E-state index in [-0.39, 0.29) is 0 Å². The van der Waals surface area contributed by atoms with Crippen molar-refractivity contribution in [2.45, 2.75) is 0 Å². The summed E-state index contributed by atoms with van der Waals surface area (Å²) in [4.78, 5) is 1.17.